The van der Waals surface area contributed by atoms with E-state index in [1.807, 2.05) is 0 Å². The van der Waals surface area contributed by atoms with Crippen molar-refractivity contribution in [3.05, 3.63) is 40.9 Å². The van der Waals surface area contributed by atoms with Crippen LogP contribution in [0.25, 0.3) is 0 Å². The first kappa shape index (κ1) is 11.7. The van der Waals surface area contributed by atoms with Gasteiger partial charge in [0.25, 0.3) is 5.91 Å². The molecule has 0 aliphatic carbocycles. The molecule has 3 N–H and O–H groups in total. The molecule has 5 nitrogen and oxygen atoms in total. The standard InChI is InChI=1S/C11H11BrN4O/c1-16-6-14-5-10(16)11(17)15-9-4-7(13)2-3-8(9)12/h2-6H,13H2,1H3,(H,15,17). The minimum absolute atomic E-state index is 0.226. The quantitative estimate of drug-likeness (QED) is 0.832. The first-order chi connectivity index (χ1) is 8.08. The number of imidazole rings is 1. The Bertz CT molecular complexity index is 564. The van der Waals surface area contributed by atoms with E-state index >= 15 is 0 Å². The highest BCUT2D eigenvalue weighted by atomic mass is 79.9. The summed E-state index contributed by atoms with van der Waals surface area (Å²) in [6.45, 7) is 0. The lowest BCUT2D eigenvalue weighted by Gasteiger charge is -2.08. The molecule has 1 amide bonds. The number of hydrogen-bond acceptors (Lipinski definition) is 3. The van der Waals surface area contributed by atoms with Gasteiger partial charge in [-0.3, -0.25) is 4.79 Å². The average molecular weight is 295 g/mol. The predicted octanol–water partition coefficient (Wildman–Crippen LogP) is 2.02. The molecule has 0 atom stereocenters. The number of nitrogens with two attached hydrogens (primary N) is 1. The fraction of sp³-hybridized carbons (Fsp3) is 0.0909. The van der Waals surface area contributed by atoms with Crippen LogP contribution in [0.3, 0.4) is 0 Å². The first-order valence-electron chi connectivity index (χ1n) is 4.90. The van der Waals surface area contributed by atoms with E-state index in [4.69, 9.17) is 5.73 Å². The molecule has 0 aliphatic rings. The Morgan fingerprint density at radius 1 is 1.53 bits per heavy atom. The number of anilines is 2. The molecular weight excluding hydrogens is 284 g/mol. The van der Waals surface area contributed by atoms with Crippen LogP contribution in [0.4, 0.5) is 11.4 Å². The smallest absolute Gasteiger partial charge is 0.273 e. The fourth-order valence-electron chi connectivity index (χ4n) is 1.40. The lowest BCUT2D eigenvalue weighted by Crippen LogP contribution is -2.15. The number of halogens is 1. The molecular formula is C11H11BrN4O. The number of hydrogen-bond donors (Lipinski definition) is 2. The summed E-state index contributed by atoms with van der Waals surface area (Å²) in [5.74, 6) is -0.226. The monoisotopic (exact) mass is 294 g/mol. The highest BCUT2D eigenvalue weighted by molar-refractivity contribution is 9.10. The summed E-state index contributed by atoms with van der Waals surface area (Å²) in [5, 5.41) is 2.77. The van der Waals surface area contributed by atoms with Crippen LogP contribution in [0.5, 0.6) is 0 Å². The lowest BCUT2D eigenvalue weighted by molar-refractivity contribution is 0.101. The van der Waals surface area contributed by atoms with Crippen LogP contribution < -0.4 is 11.1 Å². The van der Waals surface area contributed by atoms with Crippen molar-refractivity contribution in [2.75, 3.05) is 11.1 Å². The Balaban J connectivity index is 2.24. The number of nitrogens with zero attached hydrogens (tertiary/aromatic N) is 2. The van der Waals surface area contributed by atoms with Crippen molar-refractivity contribution in [2.24, 2.45) is 7.05 Å². The van der Waals surface area contributed by atoms with Gasteiger partial charge in [-0.15, -0.1) is 0 Å². The van der Waals surface area contributed by atoms with Crippen molar-refractivity contribution in [3.63, 3.8) is 0 Å². The van der Waals surface area contributed by atoms with E-state index in [1.54, 1.807) is 36.1 Å². The van der Waals surface area contributed by atoms with Gasteiger partial charge in [0.2, 0.25) is 0 Å². The van der Waals surface area contributed by atoms with Crippen LogP contribution in [0, 0.1) is 0 Å². The summed E-state index contributed by atoms with van der Waals surface area (Å²) in [5.41, 5.74) is 7.37. The van der Waals surface area contributed by atoms with Crippen molar-refractivity contribution in [2.45, 2.75) is 0 Å². The van der Waals surface area contributed by atoms with Gasteiger partial charge in [0.05, 0.1) is 18.2 Å². The Morgan fingerprint density at radius 3 is 2.94 bits per heavy atom. The number of benzene rings is 1. The third-order valence-corrected chi connectivity index (χ3v) is 2.98. The fourth-order valence-corrected chi connectivity index (χ4v) is 1.75. The summed E-state index contributed by atoms with van der Waals surface area (Å²) in [6, 6.07) is 5.23. The normalized spacial score (nSPS) is 10.2. The molecule has 0 saturated carbocycles. The number of nitrogen functional groups attached to an aromatic ring is 1. The number of carbonyl (C=O) groups is 1. The Hall–Kier alpha value is -1.82. The summed E-state index contributed by atoms with van der Waals surface area (Å²) in [6.07, 6.45) is 3.08. The van der Waals surface area contributed by atoms with E-state index in [2.05, 4.69) is 26.2 Å². The van der Waals surface area contributed by atoms with Gasteiger partial charge in [0.1, 0.15) is 5.69 Å². The van der Waals surface area contributed by atoms with Gasteiger partial charge in [0.15, 0.2) is 0 Å². The molecule has 0 saturated heterocycles. The van der Waals surface area contributed by atoms with Crippen molar-refractivity contribution in [1.29, 1.82) is 0 Å². The zero-order valence-corrected chi connectivity index (χ0v) is 10.7. The van der Waals surface area contributed by atoms with Crippen LogP contribution in [-0.2, 0) is 7.05 Å². The van der Waals surface area contributed by atoms with E-state index in [1.165, 1.54) is 6.20 Å². The van der Waals surface area contributed by atoms with E-state index in [0.717, 1.165) is 4.47 Å². The Labute approximate surface area is 107 Å². The number of amides is 1. The topological polar surface area (TPSA) is 72.9 Å². The highest BCUT2D eigenvalue weighted by Crippen LogP contribution is 2.25. The Kier molecular flexibility index (Phi) is 3.14. The van der Waals surface area contributed by atoms with E-state index in [-0.39, 0.29) is 5.91 Å². The van der Waals surface area contributed by atoms with Crippen molar-refractivity contribution < 1.29 is 4.79 Å². The number of aromatic nitrogens is 2. The third kappa shape index (κ3) is 2.47. The van der Waals surface area contributed by atoms with Crippen LogP contribution in [0.15, 0.2) is 35.2 Å². The molecule has 1 aromatic carbocycles. The summed E-state index contributed by atoms with van der Waals surface area (Å²) in [7, 11) is 1.76. The van der Waals surface area contributed by atoms with Crippen LogP contribution >= 0.6 is 15.9 Å². The Morgan fingerprint density at radius 2 is 2.29 bits per heavy atom. The molecule has 88 valence electrons. The van der Waals surface area contributed by atoms with Crippen molar-refractivity contribution >= 4 is 33.2 Å². The summed E-state index contributed by atoms with van der Waals surface area (Å²) < 4.78 is 2.43. The van der Waals surface area contributed by atoms with Crippen molar-refractivity contribution in [1.82, 2.24) is 9.55 Å². The number of aryl methyl sites for hydroxylation is 1. The molecule has 0 aliphatic heterocycles. The zero-order chi connectivity index (χ0) is 12.4. The van der Waals surface area contributed by atoms with E-state index in [9.17, 15) is 4.79 Å². The third-order valence-electron chi connectivity index (χ3n) is 2.29. The lowest BCUT2D eigenvalue weighted by atomic mass is 10.2. The number of nitrogens with one attached hydrogen (secondary N) is 1. The second-order valence-corrected chi connectivity index (χ2v) is 4.44. The van der Waals surface area contributed by atoms with Crippen LogP contribution in [-0.4, -0.2) is 15.5 Å². The maximum absolute atomic E-state index is 11.9. The molecule has 0 unspecified atom stereocenters. The molecule has 1 aromatic heterocycles. The van der Waals surface area contributed by atoms with Gasteiger partial charge in [0, 0.05) is 17.2 Å². The summed E-state index contributed by atoms with van der Waals surface area (Å²) in [4.78, 5) is 15.8. The SMILES string of the molecule is Cn1cncc1C(=O)Nc1cc(N)ccc1Br. The molecule has 17 heavy (non-hydrogen) atoms. The molecule has 2 aromatic rings. The van der Waals surface area contributed by atoms with Crippen LogP contribution in [0.1, 0.15) is 10.5 Å². The maximum atomic E-state index is 11.9. The summed E-state index contributed by atoms with van der Waals surface area (Å²) >= 11 is 3.35. The van der Waals surface area contributed by atoms with Gasteiger partial charge in [-0.25, -0.2) is 4.98 Å². The molecule has 1 heterocycles. The second kappa shape index (κ2) is 4.58. The minimum Gasteiger partial charge on any atom is -0.399 e. The van der Waals surface area contributed by atoms with Crippen molar-refractivity contribution in [3.8, 4) is 0 Å². The average Bonchev–Trinajstić information content (AvgIpc) is 2.70. The highest BCUT2D eigenvalue weighted by Gasteiger charge is 2.11. The van der Waals surface area contributed by atoms with Gasteiger partial charge >= 0.3 is 0 Å². The predicted molar refractivity (Wildman–Crippen MR) is 69.7 cm³/mol. The molecule has 0 spiro atoms. The van der Waals surface area contributed by atoms with E-state index < -0.39 is 0 Å². The second-order valence-electron chi connectivity index (χ2n) is 3.58. The molecule has 6 heteroatoms. The largest absolute Gasteiger partial charge is 0.399 e. The minimum atomic E-state index is -0.226. The number of rotatable bonds is 2. The molecule has 0 radical (unpaired) electrons. The molecule has 0 fully saturated rings. The van der Waals surface area contributed by atoms with Gasteiger partial charge < -0.3 is 15.6 Å². The number of carbonyl (C=O) groups excluding carboxylic acids is 1. The first-order valence-corrected chi connectivity index (χ1v) is 5.70. The maximum Gasteiger partial charge on any atom is 0.273 e. The van der Waals surface area contributed by atoms with E-state index in [0.29, 0.717) is 17.1 Å². The van der Waals surface area contributed by atoms with Gasteiger partial charge in [-0.05, 0) is 34.1 Å². The molecule has 0 bridgehead atoms. The zero-order valence-electron chi connectivity index (χ0n) is 9.14. The molecule has 2 rings (SSSR count). The van der Waals surface area contributed by atoms with Gasteiger partial charge in [-0.1, -0.05) is 0 Å². The van der Waals surface area contributed by atoms with Crippen LogP contribution in [0.2, 0.25) is 0 Å². The van der Waals surface area contributed by atoms with Gasteiger partial charge in [-0.2, -0.15) is 0 Å².